The minimum Gasteiger partial charge on any atom is -0.467 e. The van der Waals surface area contributed by atoms with E-state index in [-0.39, 0.29) is 5.91 Å². The molecule has 0 aliphatic heterocycles. The quantitative estimate of drug-likeness (QED) is 0.639. The fourth-order valence-electron chi connectivity index (χ4n) is 2.81. The standard InChI is InChI=1S/C19H20N2O3S/c1-24-19(23)17(21-18(22)9-8-14-5-4-10-25-14)11-13-12-20-16-7-3-2-6-15(13)16/h2-7,10,12,17,20H,8-9,11H2,1H3,(H,21,22). The molecule has 130 valence electrons. The van der Waals surface area contributed by atoms with E-state index in [1.54, 1.807) is 11.3 Å². The Bertz CT molecular complexity index is 855. The van der Waals surface area contributed by atoms with Gasteiger partial charge in [-0.3, -0.25) is 4.79 Å². The molecule has 6 heteroatoms. The number of benzene rings is 1. The number of aromatic nitrogens is 1. The number of aryl methyl sites for hydroxylation is 1. The fourth-order valence-corrected chi connectivity index (χ4v) is 3.52. The van der Waals surface area contributed by atoms with E-state index in [0.29, 0.717) is 19.3 Å². The van der Waals surface area contributed by atoms with Gasteiger partial charge in [-0.25, -0.2) is 4.79 Å². The summed E-state index contributed by atoms with van der Waals surface area (Å²) in [5, 5.41) is 5.84. The Morgan fingerprint density at radius 3 is 2.84 bits per heavy atom. The molecule has 0 aliphatic rings. The molecule has 2 heterocycles. The van der Waals surface area contributed by atoms with Crippen LogP contribution < -0.4 is 5.32 Å². The Kier molecular flexibility index (Phi) is 5.50. The van der Waals surface area contributed by atoms with E-state index in [2.05, 4.69) is 10.3 Å². The number of amides is 1. The van der Waals surface area contributed by atoms with Crippen molar-refractivity contribution in [3.8, 4) is 0 Å². The normalized spacial score (nSPS) is 12.0. The van der Waals surface area contributed by atoms with Gasteiger partial charge in [-0.15, -0.1) is 11.3 Å². The topological polar surface area (TPSA) is 71.2 Å². The van der Waals surface area contributed by atoms with E-state index in [1.165, 1.54) is 7.11 Å². The number of para-hydroxylation sites is 1. The average Bonchev–Trinajstić information content (AvgIpc) is 3.29. The van der Waals surface area contributed by atoms with Crippen LogP contribution in [-0.2, 0) is 27.2 Å². The van der Waals surface area contributed by atoms with Crippen LogP contribution in [0.15, 0.2) is 48.0 Å². The van der Waals surface area contributed by atoms with E-state index in [9.17, 15) is 9.59 Å². The molecular weight excluding hydrogens is 336 g/mol. The van der Waals surface area contributed by atoms with E-state index < -0.39 is 12.0 Å². The molecule has 5 nitrogen and oxygen atoms in total. The van der Waals surface area contributed by atoms with Gasteiger partial charge in [0.2, 0.25) is 5.91 Å². The van der Waals surface area contributed by atoms with Gasteiger partial charge >= 0.3 is 5.97 Å². The first-order valence-corrected chi connectivity index (χ1v) is 9.00. The maximum atomic E-state index is 12.2. The van der Waals surface area contributed by atoms with Gasteiger partial charge in [-0.05, 0) is 29.5 Å². The molecule has 0 spiro atoms. The summed E-state index contributed by atoms with van der Waals surface area (Å²) in [5.41, 5.74) is 1.98. The molecule has 0 bridgehead atoms. The van der Waals surface area contributed by atoms with Crippen molar-refractivity contribution < 1.29 is 14.3 Å². The lowest BCUT2D eigenvalue weighted by atomic mass is 10.0. The van der Waals surface area contributed by atoms with Crippen molar-refractivity contribution in [2.24, 2.45) is 0 Å². The first-order chi connectivity index (χ1) is 12.2. The Hall–Kier alpha value is -2.60. The molecule has 0 aliphatic carbocycles. The molecule has 0 saturated carbocycles. The third kappa shape index (κ3) is 4.28. The second-order valence-electron chi connectivity index (χ2n) is 5.79. The van der Waals surface area contributed by atoms with E-state index >= 15 is 0 Å². The maximum Gasteiger partial charge on any atom is 0.328 e. The maximum absolute atomic E-state index is 12.2. The monoisotopic (exact) mass is 356 g/mol. The summed E-state index contributed by atoms with van der Waals surface area (Å²) in [6.07, 6.45) is 3.28. The van der Waals surface area contributed by atoms with Gasteiger partial charge in [0.05, 0.1) is 7.11 Å². The van der Waals surface area contributed by atoms with Crippen LogP contribution in [0.3, 0.4) is 0 Å². The van der Waals surface area contributed by atoms with Crippen molar-refractivity contribution in [1.82, 2.24) is 10.3 Å². The Balaban J connectivity index is 1.67. The van der Waals surface area contributed by atoms with Gasteiger partial charge in [0, 0.05) is 34.8 Å². The summed E-state index contributed by atoms with van der Waals surface area (Å²) in [4.78, 5) is 28.7. The van der Waals surface area contributed by atoms with Gasteiger partial charge in [-0.2, -0.15) is 0 Å². The van der Waals surface area contributed by atoms with Gasteiger partial charge in [0.1, 0.15) is 6.04 Å². The molecule has 1 aromatic carbocycles. The minimum atomic E-state index is -0.694. The molecule has 0 radical (unpaired) electrons. The Labute approximate surface area is 150 Å². The van der Waals surface area contributed by atoms with E-state index in [4.69, 9.17) is 4.74 Å². The molecule has 0 saturated heterocycles. The summed E-state index contributed by atoms with van der Waals surface area (Å²) in [6.45, 7) is 0. The van der Waals surface area contributed by atoms with Crippen LogP contribution >= 0.6 is 11.3 Å². The lowest BCUT2D eigenvalue weighted by molar-refractivity contribution is -0.145. The Morgan fingerprint density at radius 1 is 1.24 bits per heavy atom. The number of H-pyrrole nitrogens is 1. The molecular formula is C19H20N2O3S. The molecule has 1 unspecified atom stereocenters. The zero-order valence-corrected chi connectivity index (χ0v) is 14.8. The predicted octanol–water partition coefficient (Wildman–Crippen LogP) is 3.06. The highest BCUT2D eigenvalue weighted by Gasteiger charge is 2.23. The van der Waals surface area contributed by atoms with E-state index in [1.807, 2.05) is 48.0 Å². The molecule has 0 fully saturated rings. The van der Waals surface area contributed by atoms with Crippen molar-refractivity contribution in [3.05, 3.63) is 58.4 Å². The second kappa shape index (κ2) is 7.98. The molecule has 2 aromatic heterocycles. The highest BCUT2D eigenvalue weighted by molar-refractivity contribution is 7.09. The van der Waals surface area contributed by atoms with Gasteiger partial charge in [0.25, 0.3) is 0 Å². The number of ether oxygens (including phenoxy) is 1. The van der Waals surface area contributed by atoms with Crippen LogP contribution in [0.2, 0.25) is 0 Å². The van der Waals surface area contributed by atoms with Crippen LogP contribution in [0.25, 0.3) is 10.9 Å². The first kappa shape index (κ1) is 17.2. The van der Waals surface area contributed by atoms with E-state index in [0.717, 1.165) is 21.3 Å². The van der Waals surface area contributed by atoms with Crippen LogP contribution in [0, 0.1) is 0 Å². The highest BCUT2D eigenvalue weighted by Crippen LogP contribution is 2.19. The van der Waals surface area contributed by atoms with Crippen LogP contribution in [0.5, 0.6) is 0 Å². The van der Waals surface area contributed by atoms with Gasteiger partial charge in [0.15, 0.2) is 0 Å². The third-order valence-electron chi connectivity index (χ3n) is 4.10. The van der Waals surface area contributed by atoms with Crippen LogP contribution in [0.1, 0.15) is 16.9 Å². The lowest BCUT2D eigenvalue weighted by Crippen LogP contribution is -2.43. The van der Waals surface area contributed by atoms with Gasteiger partial charge in [-0.1, -0.05) is 24.3 Å². The molecule has 1 amide bonds. The number of carbonyl (C=O) groups is 2. The molecule has 3 aromatic rings. The number of thiophene rings is 1. The van der Waals surface area contributed by atoms with Crippen molar-refractivity contribution in [1.29, 1.82) is 0 Å². The average molecular weight is 356 g/mol. The van der Waals surface area contributed by atoms with Crippen molar-refractivity contribution in [2.75, 3.05) is 7.11 Å². The first-order valence-electron chi connectivity index (χ1n) is 8.12. The smallest absolute Gasteiger partial charge is 0.328 e. The third-order valence-corrected chi connectivity index (χ3v) is 5.03. The number of fused-ring (bicyclic) bond motifs is 1. The number of nitrogens with one attached hydrogen (secondary N) is 2. The lowest BCUT2D eigenvalue weighted by Gasteiger charge is -2.16. The zero-order chi connectivity index (χ0) is 17.6. The number of esters is 1. The van der Waals surface area contributed by atoms with Crippen molar-refractivity contribution in [2.45, 2.75) is 25.3 Å². The molecule has 1 atom stereocenters. The molecule has 3 rings (SSSR count). The number of aromatic amines is 1. The highest BCUT2D eigenvalue weighted by atomic mass is 32.1. The summed E-state index contributed by atoms with van der Waals surface area (Å²) in [7, 11) is 1.34. The number of methoxy groups -OCH3 is 1. The largest absolute Gasteiger partial charge is 0.467 e. The van der Waals surface area contributed by atoms with Crippen molar-refractivity contribution in [3.63, 3.8) is 0 Å². The Morgan fingerprint density at radius 2 is 2.08 bits per heavy atom. The summed E-state index contributed by atoms with van der Waals surface area (Å²) in [5.74, 6) is -0.585. The number of hydrogen-bond donors (Lipinski definition) is 2. The predicted molar refractivity (Wildman–Crippen MR) is 98.6 cm³/mol. The summed E-state index contributed by atoms with van der Waals surface area (Å²) in [6, 6.07) is 11.1. The van der Waals surface area contributed by atoms with Crippen LogP contribution in [0.4, 0.5) is 0 Å². The molecule has 2 N–H and O–H groups in total. The summed E-state index contributed by atoms with van der Waals surface area (Å²) < 4.78 is 4.86. The summed E-state index contributed by atoms with van der Waals surface area (Å²) >= 11 is 1.62. The number of rotatable bonds is 7. The SMILES string of the molecule is COC(=O)C(Cc1c[nH]c2ccccc12)NC(=O)CCc1cccs1. The fraction of sp³-hybridized carbons (Fsp3) is 0.263. The van der Waals surface area contributed by atoms with Crippen LogP contribution in [-0.4, -0.2) is 30.0 Å². The van der Waals surface area contributed by atoms with Gasteiger partial charge < -0.3 is 15.0 Å². The number of carbonyl (C=O) groups excluding carboxylic acids is 2. The zero-order valence-electron chi connectivity index (χ0n) is 14.0. The minimum absolute atomic E-state index is 0.149. The number of hydrogen-bond acceptors (Lipinski definition) is 4. The van der Waals surface area contributed by atoms with Crippen molar-refractivity contribution >= 4 is 34.1 Å². The second-order valence-corrected chi connectivity index (χ2v) is 6.82. The molecule has 25 heavy (non-hydrogen) atoms.